The van der Waals surface area contributed by atoms with Crippen LogP contribution in [-0.4, -0.2) is 31.3 Å². The molecule has 8 heteroatoms. The van der Waals surface area contributed by atoms with Gasteiger partial charge in [0, 0.05) is 26.2 Å². The molecule has 0 radical (unpaired) electrons. The molecular formula is C9H13BrN6O. The molecule has 92 valence electrons. The Morgan fingerprint density at radius 1 is 1.65 bits per heavy atom. The van der Waals surface area contributed by atoms with E-state index < -0.39 is 0 Å². The molecule has 17 heavy (non-hydrogen) atoms. The Hall–Kier alpha value is -1.59. The lowest BCUT2D eigenvalue weighted by Crippen LogP contribution is -2.38. The van der Waals surface area contributed by atoms with Gasteiger partial charge in [-0.1, -0.05) is 5.16 Å². The van der Waals surface area contributed by atoms with Gasteiger partial charge in [-0.15, -0.1) is 0 Å². The monoisotopic (exact) mass is 300 g/mol. The molecule has 1 aromatic heterocycles. The van der Waals surface area contributed by atoms with Gasteiger partial charge in [-0.25, -0.2) is 0 Å². The first-order valence-electron chi connectivity index (χ1n) is 4.94. The third-order valence-corrected chi connectivity index (χ3v) is 2.20. The van der Waals surface area contributed by atoms with Crippen molar-refractivity contribution < 1.29 is 4.52 Å². The van der Waals surface area contributed by atoms with E-state index in [0.29, 0.717) is 30.2 Å². The summed E-state index contributed by atoms with van der Waals surface area (Å²) in [5.41, 5.74) is 0. The molecule has 1 rings (SSSR count). The van der Waals surface area contributed by atoms with E-state index in [0.717, 1.165) is 5.76 Å². The first-order valence-corrected chi connectivity index (χ1v) is 5.73. The summed E-state index contributed by atoms with van der Waals surface area (Å²) in [6, 6.07) is 1.80. The second kappa shape index (κ2) is 7.65. The Bertz CT molecular complexity index is 410. The highest BCUT2D eigenvalue weighted by atomic mass is 79.9. The zero-order valence-electron chi connectivity index (χ0n) is 9.33. The first kappa shape index (κ1) is 13.5. The maximum atomic E-state index is 8.40. The van der Waals surface area contributed by atoms with Crippen LogP contribution in [0.25, 0.3) is 0 Å². The lowest BCUT2D eigenvalue weighted by molar-refractivity contribution is 0.370. The molecule has 1 aromatic rings. The Morgan fingerprint density at radius 2 is 2.47 bits per heavy atom. The smallest absolute Gasteiger partial charge is 0.204 e. The third kappa shape index (κ3) is 5.33. The summed E-state index contributed by atoms with van der Waals surface area (Å²) < 4.78 is 5.68. The van der Waals surface area contributed by atoms with E-state index in [1.807, 2.05) is 0 Å². The second-order valence-corrected chi connectivity index (χ2v) is 3.84. The van der Waals surface area contributed by atoms with Gasteiger partial charge in [0.2, 0.25) is 5.96 Å². The molecule has 0 unspecified atom stereocenters. The minimum atomic E-state index is 0.455. The minimum Gasteiger partial charge on any atom is -0.359 e. The summed E-state index contributed by atoms with van der Waals surface area (Å²) in [7, 11) is 1.60. The predicted octanol–water partition coefficient (Wildman–Crippen LogP) is 0.173. The van der Waals surface area contributed by atoms with Crippen LogP contribution >= 0.6 is 15.9 Å². The molecule has 0 aliphatic carbocycles. The number of hydrogen-bond acceptors (Lipinski definition) is 5. The highest BCUT2D eigenvalue weighted by Gasteiger charge is 2.00. The van der Waals surface area contributed by atoms with Crippen molar-refractivity contribution in [2.45, 2.75) is 6.54 Å². The molecule has 0 bridgehead atoms. The van der Waals surface area contributed by atoms with Crippen LogP contribution < -0.4 is 16.0 Å². The number of aromatic nitrogens is 1. The van der Waals surface area contributed by atoms with Crippen molar-refractivity contribution in [1.82, 2.24) is 21.1 Å². The maximum absolute atomic E-state index is 8.40. The Kier molecular flexibility index (Phi) is 6.06. The van der Waals surface area contributed by atoms with Gasteiger partial charge in [0.05, 0.1) is 6.54 Å². The van der Waals surface area contributed by atoms with Gasteiger partial charge in [-0.3, -0.25) is 10.3 Å². The van der Waals surface area contributed by atoms with Crippen LogP contribution in [0.3, 0.4) is 0 Å². The van der Waals surface area contributed by atoms with Crippen molar-refractivity contribution in [3.63, 3.8) is 0 Å². The van der Waals surface area contributed by atoms with Gasteiger partial charge < -0.3 is 15.2 Å². The lowest BCUT2D eigenvalue weighted by atomic mass is 10.4. The minimum absolute atomic E-state index is 0.455. The van der Waals surface area contributed by atoms with Gasteiger partial charge in [-0.2, -0.15) is 5.26 Å². The van der Waals surface area contributed by atoms with E-state index in [-0.39, 0.29) is 0 Å². The van der Waals surface area contributed by atoms with Crippen molar-refractivity contribution >= 4 is 21.9 Å². The number of hydrogen-bond donors (Lipinski definition) is 3. The van der Waals surface area contributed by atoms with Crippen molar-refractivity contribution in [3.8, 4) is 6.19 Å². The van der Waals surface area contributed by atoms with Crippen LogP contribution in [0.1, 0.15) is 5.76 Å². The molecule has 7 nitrogen and oxygen atoms in total. The fourth-order valence-electron chi connectivity index (χ4n) is 1.08. The van der Waals surface area contributed by atoms with Gasteiger partial charge in [-0.05, 0) is 15.9 Å². The van der Waals surface area contributed by atoms with Crippen molar-refractivity contribution in [3.05, 3.63) is 16.4 Å². The normalized spacial score (nSPS) is 11.0. The molecule has 3 N–H and O–H groups in total. The number of aliphatic imine (C=N–C) groups is 1. The van der Waals surface area contributed by atoms with Gasteiger partial charge in [0.25, 0.3) is 0 Å². The van der Waals surface area contributed by atoms with E-state index in [4.69, 9.17) is 9.78 Å². The van der Waals surface area contributed by atoms with E-state index in [9.17, 15) is 0 Å². The molecule has 0 aromatic carbocycles. The third-order valence-electron chi connectivity index (χ3n) is 1.82. The lowest BCUT2D eigenvalue weighted by Gasteiger charge is -2.06. The van der Waals surface area contributed by atoms with Crippen LogP contribution in [-0.2, 0) is 6.54 Å². The SMILES string of the molecule is CN=C(NC#N)NCCNCc1cc(Br)no1. The van der Waals surface area contributed by atoms with E-state index in [1.165, 1.54) is 0 Å². The average molecular weight is 301 g/mol. The van der Waals surface area contributed by atoms with Crippen molar-refractivity contribution in [2.24, 2.45) is 4.99 Å². The largest absolute Gasteiger partial charge is 0.359 e. The van der Waals surface area contributed by atoms with Gasteiger partial charge >= 0.3 is 0 Å². The Morgan fingerprint density at radius 3 is 3.06 bits per heavy atom. The molecule has 0 saturated heterocycles. The predicted molar refractivity (Wildman–Crippen MR) is 66.0 cm³/mol. The number of nitrogens with one attached hydrogen (secondary N) is 3. The summed E-state index contributed by atoms with van der Waals surface area (Å²) in [6.45, 7) is 1.96. The number of guanidine groups is 1. The standard InChI is InChI=1S/C9H13BrN6O/c1-12-9(15-6-11)14-3-2-13-5-7-4-8(10)16-17-7/h4,13H,2-3,5H2,1H3,(H2,12,14,15). The van der Waals surface area contributed by atoms with Crippen LogP contribution in [0.4, 0.5) is 0 Å². The average Bonchev–Trinajstić information content (AvgIpc) is 2.73. The molecule has 1 heterocycles. The molecule has 0 amide bonds. The molecule has 0 aliphatic heterocycles. The quantitative estimate of drug-likeness (QED) is 0.236. The first-order chi connectivity index (χ1) is 8.26. The zero-order valence-corrected chi connectivity index (χ0v) is 10.9. The van der Waals surface area contributed by atoms with Crippen LogP contribution in [0.5, 0.6) is 0 Å². The van der Waals surface area contributed by atoms with Gasteiger partial charge in [0.15, 0.2) is 12.0 Å². The molecular weight excluding hydrogens is 288 g/mol. The summed E-state index contributed by atoms with van der Waals surface area (Å²) in [5, 5.41) is 20.6. The Balaban J connectivity index is 2.11. The van der Waals surface area contributed by atoms with E-state index in [1.54, 1.807) is 19.3 Å². The second-order valence-electron chi connectivity index (χ2n) is 3.03. The summed E-state index contributed by atoms with van der Waals surface area (Å²) in [5.74, 6) is 1.22. The fraction of sp³-hybridized carbons (Fsp3) is 0.444. The summed E-state index contributed by atoms with van der Waals surface area (Å²) in [4.78, 5) is 3.85. The molecule has 0 fully saturated rings. The van der Waals surface area contributed by atoms with Crippen LogP contribution in [0, 0.1) is 11.5 Å². The van der Waals surface area contributed by atoms with E-state index >= 15 is 0 Å². The molecule has 0 aliphatic rings. The van der Waals surface area contributed by atoms with Crippen molar-refractivity contribution in [1.29, 1.82) is 5.26 Å². The Labute approximate surface area is 107 Å². The highest BCUT2D eigenvalue weighted by molar-refractivity contribution is 9.10. The highest BCUT2D eigenvalue weighted by Crippen LogP contribution is 2.08. The van der Waals surface area contributed by atoms with Crippen LogP contribution in [0.15, 0.2) is 20.2 Å². The maximum Gasteiger partial charge on any atom is 0.204 e. The summed E-state index contributed by atoms with van der Waals surface area (Å²) >= 11 is 3.20. The van der Waals surface area contributed by atoms with Gasteiger partial charge in [0.1, 0.15) is 4.60 Å². The number of nitriles is 1. The molecule has 0 spiro atoms. The van der Waals surface area contributed by atoms with Crippen molar-refractivity contribution in [2.75, 3.05) is 20.1 Å². The molecule has 0 saturated carbocycles. The fourth-order valence-corrected chi connectivity index (χ4v) is 1.41. The zero-order chi connectivity index (χ0) is 12.5. The number of nitrogens with zero attached hydrogens (tertiary/aromatic N) is 3. The van der Waals surface area contributed by atoms with E-state index in [2.05, 4.69) is 42.0 Å². The number of rotatable bonds is 5. The van der Waals surface area contributed by atoms with Crippen LogP contribution in [0.2, 0.25) is 0 Å². The molecule has 0 atom stereocenters. The topological polar surface area (TPSA) is 98.3 Å². The number of halogens is 1. The summed E-state index contributed by atoms with van der Waals surface area (Å²) in [6.07, 6.45) is 1.80.